The van der Waals surface area contributed by atoms with Crippen LogP contribution in [0.3, 0.4) is 0 Å². The summed E-state index contributed by atoms with van der Waals surface area (Å²) in [4.78, 5) is 3.87. The summed E-state index contributed by atoms with van der Waals surface area (Å²) >= 11 is 5.59. The van der Waals surface area contributed by atoms with Gasteiger partial charge in [-0.3, -0.25) is 0 Å². The highest BCUT2D eigenvalue weighted by molar-refractivity contribution is 7.38. The fraction of sp³-hybridized carbons (Fsp3) is 0.375. The molecule has 0 aromatic carbocycles. The summed E-state index contributed by atoms with van der Waals surface area (Å²) in [5.41, 5.74) is 0.874. The maximum atomic E-state index is 11.2. The van der Waals surface area contributed by atoms with E-state index < -0.39 is 8.03 Å². The first kappa shape index (κ1) is 10.6. The number of hydrogen-bond donors (Lipinski definition) is 0. The van der Waals surface area contributed by atoms with Gasteiger partial charge in [0.05, 0.1) is 6.61 Å². The van der Waals surface area contributed by atoms with Gasteiger partial charge in [-0.25, -0.2) is 4.98 Å². The normalized spacial score (nSPS) is 11.4. The molecule has 0 radical (unpaired) electrons. The van der Waals surface area contributed by atoms with Crippen LogP contribution in [-0.2, 0) is 15.3 Å². The molecule has 1 atom stereocenters. The van der Waals surface area contributed by atoms with Crippen molar-refractivity contribution in [3.8, 4) is 0 Å². The lowest BCUT2D eigenvalue weighted by Gasteiger charge is -1.91. The van der Waals surface area contributed by atoms with Crippen LogP contribution in [0.1, 0.15) is 12.5 Å². The second-order valence-corrected chi connectivity index (χ2v) is 4.02. The number of rotatable bonds is 4. The molecule has 0 bridgehead atoms. The first-order valence-corrected chi connectivity index (χ1v) is 5.64. The second-order valence-electron chi connectivity index (χ2n) is 2.40. The van der Waals surface area contributed by atoms with Gasteiger partial charge in [-0.1, -0.05) is 17.7 Å². The zero-order valence-electron chi connectivity index (χ0n) is 7.24. The minimum atomic E-state index is -1.60. The maximum absolute atomic E-state index is 11.2. The Hall–Kier alpha value is -0.500. The van der Waals surface area contributed by atoms with Crippen LogP contribution in [0.4, 0.5) is 0 Å². The molecule has 0 saturated heterocycles. The van der Waals surface area contributed by atoms with E-state index in [-0.39, 0.29) is 0 Å². The zero-order chi connectivity index (χ0) is 9.68. The summed E-state index contributed by atoms with van der Waals surface area (Å²) in [5, 5.41) is 0.440. The van der Waals surface area contributed by atoms with Crippen molar-refractivity contribution in [3.05, 3.63) is 29.0 Å². The van der Waals surface area contributed by atoms with E-state index in [4.69, 9.17) is 16.1 Å². The molecule has 5 heteroatoms. The highest BCUT2D eigenvalue weighted by Gasteiger charge is 2.16. The summed E-state index contributed by atoms with van der Waals surface area (Å²) in [7, 11) is -1.60. The van der Waals surface area contributed by atoms with Crippen LogP contribution in [0.2, 0.25) is 5.15 Å². The number of aromatic nitrogens is 1. The molecular weight excluding hydrogens is 209 g/mol. The summed E-state index contributed by atoms with van der Waals surface area (Å²) in [5.74, 6) is 0. The van der Waals surface area contributed by atoms with Crippen LogP contribution in [0.5, 0.6) is 0 Å². The van der Waals surface area contributed by atoms with Gasteiger partial charge in [0.1, 0.15) is 5.15 Å². The Bertz CT molecular complexity index is 289. The fourth-order valence-electron chi connectivity index (χ4n) is 0.839. The lowest BCUT2D eigenvalue weighted by Crippen LogP contribution is -1.85. The Morgan fingerprint density at radius 2 is 2.38 bits per heavy atom. The molecule has 0 N–H and O–H groups in total. The zero-order valence-corrected chi connectivity index (χ0v) is 8.89. The summed E-state index contributed by atoms with van der Waals surface area (Å²) < 4.78 is 16.1. The third-order valence-corrected chi connectivity index (χ3v) is 2.77. The van der Waals surface area contributed by atoms with Gasteiger partial charge in [0.25, 0.3) is 0 Å². The second kappa shape index (κ2) is 5.28. The first-order valence-electron chi connectivity index (χ1n) is 3.90. The largest absolute Gasteiger partial charge is 0.512 e. The average molecular weight is 219 g/mol. The molecule has 1 unspecified atom stereocenters. The summed E-state index contributed by atoms with van der Waals surface area (Å²) in [6, 6.07) is 3.47. The number of nitrogens with zero attached hydrogens (tertiary/aromatic N) is 1. The van der Waals surface area contributed by atoms with E-state index in [0.717, 1.165) is 5.56 Å². The van der Waals surface area contributed by atoms with Crippen molar-refractivity contribution in [1.29, 1.82) is 0 Å². The van der Waals surface area contributed by atoms with Gasteiger partial charge in [-0.2, -0.15) is 0 Å². The monoisotopic (exact) mass is 218 g/mol. The number of hydrogen-bond acceptors (Lipinski definition) is 3. The van der Waals surface area contributed by atoms with Gasteiger partial charge in [0.15, 0.2) is 0 Å². The summed E-state index contributed by atoms with van der Waals surface area (Å²) in [6.07, 6.45) is 2.00. The minimum Gasteiger partial charge on any atom is -0.244 e. The molecule has 0 saturated carbocycles. The molecule has 0 amide bonds. The maximum Gasteiger partial charge on any atom is 0.512 e. The van der Waals surface area contributed by atoms with Gasteiger partial charge >= 0.3 is 8.03 Å². The predicted molar refractivity (Wildman–Crippen MR) is 52.2 cm³/mol. The standard InChI is InChI=1S/C8H10ClNO2P/c1-2-12-13(11)6-7-3-4-8(9)10-5-7/h3-5H,2,6H2,1H3/q+1. The number of pyridine rings is 1. The molecule has 3 nitrogen and oxygen atoms in total. The molecular formula is C8H10ClNO2P+. The molecule has 0 spiro atoms. The average Bonchev–Trinajstić information content (AvgIpc) is 2.09. The molecule has 1 aromatic heterocycles. The quantitative estimate of drug-likeness (QED) is 0.576. The third-order valence-electron chi connectivity index (χ3n) is 1.37. The Kier molecular flexibility index (Phi) is 4.29. The third kappa shape index (κ3) is 3.81. The van der Waals surface area contributed by atoms with Crippen LogP contribution < -0.4 is 0 Å². The van der Waals surface area contributed by atoms with Gasteiger partial charge in [0.2, 0.25) is 6.16 Å². The molecule has 0 aliphatic carbocycles. The first-order chi connectivity index (χ1) is 6.22. The Labute approximate surface area is 83.0 Å². The smallest absolute Gasteiger partial charge is 0.244 e. The van der Waals surface area contributed by atoms with E-state index in [0.29, 0.717) is 17.9 Å². The topological polar surface area (TPSA) is 39.2 Å². The van der Waals surface area contributed by atoms with Crippen molar-refractivity contribution in [2.45, 2.75) is 13.1 Å². The van der Waals surface area contributed by atoms with Gasteiger partial charge in [-0.15, -0.1) is 4.52 Å². The van der Waals surface area contributed by atoms with Crippen molar-refractivity contribution in [3.63, 3.8) is 0 Å². The Morgan fingerprint density at radius 3 is 2.92 bits per heavy atom. The van der Waals surface area contributed by atoms with E-state index in [1.807, 2.05) is 6.92 Å². The van der Waals surface area contributed by atoms with Gasteiger partial charge in [0, 0.05) is 11.8 Å². The molecule has 1 aromatic rings. The van der Waals surface area contributed by atoms with Crippen molar-refractivity contribution < 1.29 is 9.09 Å². The Morgan fingerprint density at radius 1 is 1.62 bits per heavy atom. The van der Waals surface area contributed by atoms with E-state index in [2.05, 4.69) is 4.98 Å². The Balaban J connectivity index is 2.54. The van der Waals surface area contributed by atoms with E-state index in [1.165, 1.54) is 0 Å². The minimum absolute atomic E-state index is 0.396. The van der Waals surface area contributed by atoms with Crippen molar-refractivity contribution in [1.82, 2.24) is 4.98 Å². The van der Waals surface area contributed by atoms with Crippen LogP contribution in [0, 0.1) is 0 Å². The molecule has 13 heavy (non-hydrogen) atoms. The molecule has 1 rings (SSSR count). The van der Waals surface area contributed by atoms with Gasteiger partial charge in [-0.05, 0) is 17.6 Å². The number of halogens is 1. The van der Waals surface area contributed by atoms with Crippen LogP contribution >= 0.6 is 19.6 Å². The SMILES string of the molecule is CCO[P+](=O)Cc1ccc(Cl)nc1. The molecule has 1 heterocycles. The van der Waals surface area contributed by atoms with E-state index in [1.54, 1.807) is 18.3 Å². The molecule has 0 fully saturated rings. The van der Waals surface area contributed by atoms with Crippen molar-refractivity contribution >= 4 is 19.6 Å². The van der Waals surface area contributed by atoms with Crippen molar-refractivity contribution in [2.24, 2.45) is 0 Å². The fourth-order valence-corrected chi connectivity index (χ4v) is 1.81. The van der Waals surface area contributed by atoms with Crippen LogP contribution in [0.25, 0.3) is 0 Å². The molecule has 0 aliphatic heterocycles. The van der Waals surface area contributed by atoms with E-state index in [9.17, 15) is 4.57 Å². The lowest BCUT2D eigenvalue weighted by molar-refractivity contribution is 0.350. The van der Waals surface area contributed by atoms with Gasteiger partial charge < -0.3 is 0 Å². The van der Waals surface area contributed by atoms with Crippen LogP contribution in [0.15, 0.2) is 18.3 Å². The lowest BCUT2D eigenvalue weighted by atomic mass is 10.3. The molecule has 70 valence electrons. The highest BCUT2D eigenvalue weighted by Crippen LogP contribution is 2.27. The molecule has 0 aliphatic rings. The summed E-state index contributed by atoms with van der Waals surface area (Å²) in [6.45, 7) is 2.28. The van der Waals surface area contributed by atoms with E-state index >= 15 is 0 Å². The van der Waals surface area contributed by atoms with Crippen molar-refractivity contribution in [2.75, 3.05) is 6.61 Å². The highest BCUT2D eigenvalue weighted by atomic mass is 35.5. The predicted octanol–water partition coefficient (Wildman–Crippen LogP) is 3.01. The van der Waals surface area contributed by atoms with Crippen LogP contribution in [-0.4, -0.2) is 11.6 Å².